The summed E-state index contributed by atoms with van der Waals surface area (Å²) in [5, 5.41) is 11.2. The lowest BCUT2D eigenvalue weighted by Gasteiger charge is -2.11. The Labute approximate surface area is 146 Å². The molecule has 1 aromatic rings. The minimum Gasteiger partial charge on any atom is -0.493 e. The second-order valence-electron chi connectivity index (χ2n) is 5.21. The number of benzene rings is 1. The molecule has 0 bridgehead atoms. The Hall–Kier alpha value is -2.33. The Morgan fingerprint density at radius 1 is 1.20 bits per heavy atom. The van der Waals surface area contributed by atoms with E-state index in [9.17, 15) is 18.0 Å². The lowest BCUT2D eigenvalue weighted by Crippen LogP contribution is -2.34. The van der Waals surface area contributed by atoms with Crippen LogP contribution in [0.2, 0.25) is 0 Å². The van der Waals surface area contributed by atoms with Crippen molar-refractivity contribution in [1.29, 1.82) is 0 Å². The van der Waals surface area contributed by atoms with Crippen LogP contribution in [0.1, 0.15) is 13.3 Å². The van der Waals surface area contributed by atoms with Gasteiger partial charge in [0.2, 0.25) is 15.9 Å². The zero-order chi connectivity index (χ0) is 19.0. The molecule has 0 aliphatic carbocycles. The first-order chi connectivity index (χ1) is 11.7. The fourth-order valence-electron chi connectivity index (χ4n) is 1.81. The summed E-state index contributed by atoms with van der Waals surface area (Å²) in [6.45, 7) is 1.32. The van der Waals surface area contributed by atoms with E-state index in [1.807, 2.05) is 0 Å². The fraction of sp³-hybridized carbons (Fsp3) is 0.467. The highest BCUT2D eigenvalue weighted by atomic mass is 32.2. The fourth-order valence-corrected chi connectivity index (χ4v) is 2.86. The maximum absolute atomic E-state index is 12.2. The Morgan fingerprint density at radius 3 is 2.40 bits per heavy atom. The van der Waals surface area contributed by atoms with Gasteiger partial charge in [-0.2, -0.15) is 0 Å². The van der Waals surface area contributed by atoms with Gasteiger partial charge in [-0.05, 0) is 12.1 Å². The van der Waals surface area contributed by atoms with Gasteiger partial charge in [0.25, 0.3) is 0 Å². The average molecular weight is 374 g/mol. The molecule has 0 saturated carbocycles. The monoisotopic (exact) mass is 374 g/mol. The number of rotatable bonds is 10. The highest BCUT2D eigenvalue weighted by molar-refractivity contribution is 7.89. The van der Waals surface area contributed by atoms with E-state index in [1.54, 1.807) is 0 Å². The lowest BCUT2D eigenvalue weighted by molar-refractivity contribution is -0.141. The standard InChI is InChI=1S/C15H22N2O7S/c1-10(15(19)20)9-16-14(18)6-7-17-25(21,22)11-4-5-12(23-2)13(8-11)24-3/h4-5,8,10,17H,6-7,9H2,1-3H3,(H,16,18)(H,19,20). The van der Waals surface area contributed by atoms with Crippen molar-refractivity contribution in [2.45, 2.75) is 18.2 Å². The molecule has 1 atom stereocenters. The van der Waals surface area contributed by atoms with Crippen LogP contribution in [0.4, 0.5) is 0 Å². The molecule has 0 heterocycles. The molecule has 1 amide bonds. The SMILES string of the molecule is COc1ccc(S(=O)(=O)NCCC(=O)NCC(C)C(=O)O)cc1OC. The third-order valence-corrected chi connectivity index (χ3v) is 4.80. The number of carboxylic acid groups (broad SMARTS) is 1. The summed E-state index contributed by atoms with van der Waals surface area (Å²) in [4.78, 5) is 22.2. The number of carbonyl (C=O) groups excluding carboxylic acids is 1. The number of methoxy groups -OCH3 is 2. The number of hydrogen-bond acceptors (Lipinski definition) is 6. The number of nitrogens with one attached hydrogen (secondary N) is 2. The van der Waals surface area contributed by atoms with Gasteiger partial charge in [-0.1, -0.05) is 6.92 Å². The Morgan fingerprint density at radius 2 is 1.84 bits per heavy atom. The normalized spacial score (nSPS) is 12.3. The van der Waals surface area contributed by atoms with Crippen molar-refractivity contribution in [3.8, 4) is 11.5 Å². The highest BCUT2D eigenvalue weighted by Crippen LogP contribution is 2.29. The van der Waals surface area contributed by atoms with E-state index in [1.165, 1.54) is 39.3 Å². The van der Waals surface area contributed by atoms with E-state index < -0.39 is 27.8 Å². The summed E-state index contributed by atoms with van der Waals surface area (Å²) in [7, 11) is -0.986. The zero-order valence-corrected chi connectivity index (χ0v) is 15.1. The summed E-state index contributed by atoms with van der Waals surface area (Å²) < 4.78 is 36.8. The second-order valence-corrected chi connectivity index (χ2v) is 6.97. The van der Waals surface area contributed by atoms with Gasteiger partial charge in [0.15, 0.2) is 11.5 Å². The lowest BCUT2D eigenvalue weighted by atomic mass is 10.2. The molecule has 0 aliphatic heterocycles. The molecule has 0 aromatic heterocycles. The highest BCUT2D eigenvalue weighted by Gasteiger charge is 2.17. The van der Waals surface area contributed by atoms with Crippen LogP contribution < -0.4 is 19.5 Å². The Balaban J connectivity index is 2.59. The summed E-state index contributed by atoms with van der Waals surface area (Å²) in [6.07, 6.45) is -0.112. The molecule has 140 valence electrons. The first-order valence-corrected chi connectivity index (χ1v) is 8.90. The van der Waals surface area contributed by atoms with Gasteiger partial charge in [-0.25, -0.2) is 13.1 Å². The summed E-state index contributed by atoms with van der Waals surface area (Å²) in [5.74, 6) is -1.51. The van der Waals surface area contributed by atoms with Crippen molar-refractivity contribution in [2.24, 2.45) is 5.92 Å². The second kappa shape index (κ2) is 9.23. The molecule has 1 unspecified atom stereocenters. The van der Waals surface area contributed by atoms with Gasteiger partial charge in [0, 0.05) is 25.6 Å². The van der Waals surface area contributed by atoms with Gasteiger partial charge >= 0.3 is 5.97 Å². The van der Waals surface area contributed by atoms with Crippen LogP contribution in [0.5, 0.6) is 11.5 Å². The first-order valence-electron chi connectivity index (χ1n) is 7.42. The van der Waals surface area contributed by atoms with Gasteiger partial charge in [-0.15, -0.1) is 0 Å². The molecule has 0 fully saturated rings. The quantitative estimate of drug-likeness (QED) is 0.533. The molecular formula is C15H22N2O7S. The van der Waals surface area contributed by atoms with Crippen LogP contribution in [0, 0.1) is 5.92 Å². The van der Waals surface area contributed by atoms with Crippen LogP contribution >= 0.6 is 0 Å². The summed E-state index contributed by atoms with van der Waals surface area (Å²) in [6, 6.07) is 4.14. The Kier molecular flexibility index (Phi) is 7.65. The average Bonchev–Trinajstić information content (AvgIpc) is 2.58. The Bertz CT molecular complexity index is 719. The van der Waals surface area contributed by atoms with Gasteiger partial charge in [0.1, 0.15) is 0 Å². The molecule has 25 heavy (non-hydrogen) atoms. The molecule has 1 aromatic carbocycles. The summed E-state index contributed by atoms with van der Waals surface area (Å²) in [5.41, 5.74) is 0. The molecule has 0 aliphatic rings. The van der Waals surface area contributed by atoms with Crippen LogP contribution in [0.25, 0.3) is 0 Å². The number of amides is 1. The number of aliphatic carboxylic acids is 1. The van der Waals surface area contributed by atoms with Crippen LogP contribution in [-0.2, 0) is 19.6 Å². The molecule has 9 nitrogen and oxygen atoms in total. The van der Waals surface area contributed by atoms with Crippen molar-refractivity contribution in [2.75, 3.05) is 27.3 Å². The third kappa shape index (κ3) is 6.24. The maximum atomic E-state index is 12.2. The number of hydrogen-bond donors (Lipinski definition) is 3. The zero-order valence-electron chi connectivity index (χ0n) is 14.2. The summed E-state index contributed by atoms with van der Waals surface area (Å²) >= 11 is 0. The minimum absolute atomic E-state index is 0.0173. The van der Waals surface area contributed by atoms with Crippen molar-refractivity contribution < 1.29 is 32.6 Å². The predicted molar refractivity (Wildman–Crippen MR) is 89.2 cm³/mol. The van der Waals surface area contributed by atoms with Gasteiger partial charge in [-0.3, -0.25) is 9.59 Å². The van der Waals surface area contributed by atoms with E-state index in [0.29, 0.717) is 5.75 Å². The number of sulfonamides is 1. The van der Waals surface area contributed by atoms with Crippen molar-refractivity contribution >= 4 is 21.9 Å². The third-order valence-electron chi connectivity index (χ3n) is 3.34. The molecular weight excluding hydrogens is 352 g/mol. The van der Waals surface area contributed by atoms with Crippen molar-refractivity contribution in [3.63, 3.8) is 0 Å². The number of ether oxygens (including phenoxy) is 2. The van der Waals surface area contributed by atoms with Crippen LogP contribution in [0.15, 0.2) is 23.1 Å². The van der Waals surface area contributed by atoms with Crippen LogP contribution in [0.3, 0.4) is 0 Å². The largest absolute Gasteiger partial charge is 0.493 e. The van der Waals surface area contributed by atoms with Crippen molar-refractivity contribution in [1.82, 2.24) is 10.0 Å². The topological polar surface area (TPSA) is 131 Å². The molecule has 1 rings (SSSR count). The molecule has 0 radical (unpaired) electrons. The van der Waals surface area contributed by atoms with Gasteiger partial charge in [0.05, 0.1) is 25.0 Å². The first kappa shape index (κ1) is 20.7. The van der Waals surface area contributed by atoms with E-state index in [2.05, 4.69) is 10.0 Å². The molecule has 0 saturated heterocycles. The number of carbonyl (C=O) groups is 2. The smallest absolute Gasteiger partial charge is 0.308 e. The number of carboxylic acids is 1. The molecule has 3 N–H and O–H groups in total. The molecule has 10 heteroatoms. The van der Waals surface area contributed by atoms with E-state index >= 15 is 0 Å². The van der Waals surface area contributed by atoms with Crippen LogP contribution in [-0.4, -0.2) is 52.7 Å². The minimum atomic E-state index is -3.82. The maximum Gasteiger partial charge on any atom is 0.308 e. The molecule has 0 spiro atoms. The predicted octanol–water partition coefficient (Wildman–Crippen LogP) is 0.209. The van der Waals surface area contributed by atoms with E-state index in [0.717, 1.165) is 0 Å². The van der Waals surface area contributed by atoms with Crippen molar-refractivity contribution in [3.05, 3.63) is 18.2 Å². The van der Waals surface area contributed by atoms with E-state index in [-0.39, 0.29) is 30.2 Å². The van der Waals surface area contributed by atoms with Gasteiger partial charge < -0.3 is 19.9 Å². The van der Waals surface area contributed by atoms with E-state index in [4.69, 9.17) is 14.6 Å².